The second-order valence-electron chi connectivity index (χ2n) is 7.23. The molecule has 1 aromatic carbocycles. The van der Waals surface area contributed by atoms with Gasteiger partial charge in [0.2, 0.25) is 0 Å². The van der Waals surface area contributed by atoms with Crippen LogP contribution >= 0.6 is 0 Å². The van der Waals surface area contributed by atoms with Crippen molar-refractivity contribution in [2.45, 2.75) is 38.0 Å². The first-order valence-electron chi connectivity index (χ1n) is 8.94. The number of carbonyl (C=O) groups is 1. The summed E-state index contributed by atoms with van der Waals surface area (Å²) in [6, 6.07) is 9.04. The first-order valence-corrected chi connectivity index (χ1v) is 8.94. The Morgan fingerprint density at radius 1 is 1.23 bits per heavy atom. The number of nitrogens with zero attached hydrogens (tertiary/aromatic N) is 2. The van der Waals surface area contributed by atoms with E-state index in [1.54, 1.807) is 12.3 Å². The molecule has 0 spiro atoms. The van der Waals surface area contributed by atoms with E-state index in [4.69, 9.17) is 0 Å². The third kappa shape index (κ3) is 3.48. The molecule has 136 valence electrons. The van der Waals surface area contributed by atoms with Crippen LogP contribution in [0.2, 0.25) is 0 Å². The number of carbonyl (C=O) groups excluding carboxylic acids is 1. The Kier molecular flexibility index (Phi) is 4.46. The van der Waals surface area contributed by atoms with Gasteiger partial charge in [-0.05, 0) is 54.9 Å². The average Bonchev–Trinajstić information content (AvgIpc) is 3.16. The van der Waals surface area contributed by atoms with Gasteiger partial charge in [0, 0.05) is 24.1 Å². The van der Waals surface area contributed by atoms with E-state index < -0.39 is 0 Å². The van der Waals surface area contributed by atoms with Crippen LogP contribution in [0.15, 0.2) is 47.5 Å². The minimum Gasteiger partial charge on any atom is -0.393 e. The van der Waals surface area contributed by atoms with Crippen LogP contribution in [0.3, 0.4) is 0 Å². The third-order valence-corrected chi connectivity index (χ3v) is 5.46. The smallest absolute Gasteiger partial charge is 0.347 e. The Labute approximate surface area is 151 Å². The molecular formula is C19H22N4O3. The number of amides is 2. The molecule has 2 saturated carbocycles. The van der Waals surface area contributed by atoms with Gasteiger partial charge in [0.15, 0.2) is 0 Å². The highest BCUT2D eigenvalue weighted by molar-refractivity contribution is 5.89. The van der Waals surface area contributed by atoms with Crippen LogP contribution in [0.5, 0.6) is 0 Å². The van der Waals surface area contributed by atoms with E-state index >= 15 is 0 Å². The van der Waals surface area contributed by atoms with E-state index in [-0.39, 0.29) is 23.9 Å². The van der Waals surface area contributed by atoms with Gasteiger partial charge in [0.25, 0.3) is 0 Å². The van der Waals surface area contributed by atoms with Crippen LogP contribution in [-0.4, -0.2) is 32.8 Å². The maximum absolute atomic E-state index is 12.3. The number of anilines is 1. The van der Waals surface area contributed by atoms with E-state index in [9.17, 15) is 14.7 Å². The standard InChI is InChI=1S/C19H22N4O3/c24-17-10-13-8-14(17)9-16(13)22-18(25)21-15-4-1-3-12(7-15)11-23-6-2-5-20-19(23)26/h1-7,13-14,16-17,24H,8-11H2,(H2,21,22,25). The van der Waals surface area contributed by atoms with Gasteiger partial charge in [-0.25, -0.2) is 14.6 Å². The molecule has 2 aliphatic rings. The normalized spacial score (nSPS) is 26.7. The molecule has 0 saturated heterocycles. The minimum absolute atomic E-state index is 0.139. The van der Waals surface area contributed by atoms with E-state index in [0.717, 1.165) is 24.8 Å². The number of aliphatic hydroxyl groups is 1. The van der Waals surface area contributed by atoms with Gasteiger partial charge in [-0.3, -0.25) is 4.57 Å². The fraction of sp³-hybridized carbons (Fsp3) is 0.421. The van der Waals surface area contributed by atoms with Crippen LogP contribution < -0.4 is 16.3 Å². The molecule has 1 heterocycles. The fourth-order valence-electron chi connectivity index (χ4n) is 4.21. The lowest BCUT2D eigenvalue weighted by atomic mass is 9.93. The number of fused-ring (bicyclic) bond motifs is 2. The highest BCUT2D eigenvalue weighted by Crippen LogP contribution is 2.44. The molecule has 3 N–H and O–H groups in total. The van der Waals surface area contributed by atoms with E-state index in [2.05, 4.69) is 15.6 Å². The molecule has 2 amide bonds. The molecule has 4 atom stereocenters. The van der Waals surface area contributed by atoms with Crippen molar-refractivity contribution in [3.63, 3.8) is 0 Å². The summed E-state index contributed by atoms with van der Waals surface area (Å²) in [6.45, 7) is 0.397. The van der Waals surface area contributed by atoms with Gasteiger partial charge >= 0.3 is 11.7 Å². The molecule has 0 radical (unpaired) electrons. The van der Waals surface area contributed by atoms with Crippen molar-refractivity contribution in [3.05, 3.63) is 58.8 Å². The summed E-state index contributed by atoms with van der Waals surface area (Å²) in [6.07, 6.45) is 5.59. The zero-order valence-electron chi connectivity index (χ0n) is 14.3. The molecule has 2 aliphatic carbocycles. The Bertz CT molecular complexity index is 864. The first-order chi connectivity index (χ1) is 12.6. The number of nitrogens with one attached hydrogen (secondary N) is 2. The van der Waals surface area contributed by atoms with Crippen LogP contribution in [0.25, 0.3) is 0 Å². The Balaban J connectivity index is 1.37. The largest absolute Gasteiger partial charge is 0.393 e. The summed E-state index contributed by atoms with van der Waals surface area (Å²) in [5.74, 6) is 0.705. The minimum atomic E-state index is -0.304. The molecule has 2 fully saturated rings. The Morgan fingerprint density at radius 2 is 2.12 bits per heavy atom. The van der Waals surface area contributed by atoms with Crippen molar-refractivity contribution in [2.24, 2.45) is 11.8 Å². The van der Waals surface area contributed by atoms with Gasteiger partial charge in [0.1, 0.15) is 0 Å². The van der Waals surface area contributed by atoms with Gasteiger partial charge in [0.05, 0.1) is 12.6 Å². The summed E-state index contributed by atoms with van der Waals surface area (Å²) in [7, 11) is 0. The van der Waals surface area contributed by atoms with E-state index in [1.165, 1.54) is 10.8 Å². The number of aliphatic hydroxyl groups excluding tert-OH is 1. The van der Waals surface area contributed by atoms with E-state index in [0.29, 0.717) is 24.1 Å². The predicted molar refractivity (Wildman–Crippen MR) is 96.8 cm³/mol. The summed E-state index contributed by atoms with van der Waals surface area (Å²) in [4.78, 5) is 27.8. The first kappa shape index (κ1) is 16.8. The molecule has 4 unspecified atom stereocenters. The lowest BCUT2D eigenvalue weighted by Gasteiger charge is -2.25. The summed E-state index contributed by atoms with van der Waals surface area (Å²) >= 11 is 0. The molecule has 2 aromatic rings. The second-order valence-corrected chi connectivity index (χ2v) is 7.23. The third-order valence-electron chi connectivity index (χ3n) is 5.46. The Morgan fingerprint density at radius 3 is 2.85 bits per heavy atom. The molecule has 2 bridgehead atoms. The number of urea groups is 1. The number of rotatable bonds is 4. The van der Waals surface area contributed by atoms with Crippen molar-refractivity contribution < 1.29 is 9.90 Å². The van der Waals surface area contributed by atoms with Crippen LogP contribution in [0.4, 0.5) is 10.5 Å². The fourth-order valence-corrected chi connectivity index (χ4v) is 4.21. The summed E-state index contributed by atoms with van der Waals surface area (Å²) < 4.78 is 1.51. The number of aromatic nitrogens is 2. The average molecular weight is 354 g/mol. The molecule has 26 heavy (non-hydrogen) atoms. The van der Waals surface area contributed by atoms with Crippen LogP contribution in [-0.2, 0) is 6.54 Å². The lowest BCUT2D eigenvalue weighted by molar-refractivity contribution is 0.104. The molecule has 7 heteroatoms. The van der Waals surface area contributed by atoms with Crippen molar-refractivity contribution in [1.29, 1.82) is 0 Å². The van der Waals surface area contributed by atoms with E-state index in [1.807, 2.05) is 24.3 Å². The molecule has 1 aromatic heterocycles. The van der Waals surface area contributed by atoms with Crippen molar-refractivity contribution in [2.75, 3.05) is 5.32 Å². The van der Waals surface area contributed by atoms with Gasteiger partial charge in [-0.15, -0.1) is 0 Å². The molecule has 4 rings (SSSR count). The molecule has 0 aliphatic heterocycles. The van der Waals surface area contributed by atoms with Gasteiger partial charge < -0.3 is 15.7 Å². The number of hydrogen-bond acceptors (Lipinski definition) is 4. The lowest BCUT2D eigenvalue weighted by Crippen LogP contribution is -2.42. The number of benzene rings is 1. The summed E-state index contributed by atoms with van der Waals surface area (Å²) in [5.41, 5.74) is 1.28. The second kappa shape index (κ2) is 6.92. The zero-order valence-corrected chi connectivity index (χ0v) is 14.3. The van der Waals surface area contributed by atoms with Crippen LogP contribution in [0, 0.1) is 11.8 Å². The zero-order chi connectivity index (χ0) is 18.1. The summed E-state index contributed by atoms with van der Waals surface area (Å²) in [5, 5.41) is 15.7. The van der Waals surface area contributed by atoms with Crippen LogP contribution in [0.1, 0.15) is 24.8 Å². The highest BCUT2D eigenvalue weighted by Gasteiger charge is 2.45. The SMILES string of the molecule is O=C(Nc1cccc(Cn2cccnc2=O)c1)NC1CC2CC1CC2O. The van der Waals surface area contributed by atoms with Gasteiger partial charge in [-0.1, -0.05) is 12.1 Å². The Hall–Kier alpha value is -2.67. The highest BCUT2D eigenvalue weighted by atomic mass is 16.3. The predicted octanol–water partition coefficient (Wildman–Crippen LogP) is 1.57. The topological polar surface area (TPSA) is 96.2 Å². The maximum atomic E-state index is 12.3. The van der Waals surface area contributed by atoms with Gasteiger partial charge in [-0.2, -0.15) is 0 Å². The molecule has 7 nitrogen and oxygen atoms in total. The molecular weight excluding hydrogens is 332 g/mol. The quantitative estimate of drug-likeness (QED) is 0.776. The van der Waals surface area contributed by atoms with Crippen molar-refractivity contribution >= 4 is 11.7 Å². The monoisotopic (exact) mass is 354 g/mol. The number of hydrogen-bond donors (Lipinski definition) is 3. The van der Waals surface area contributed by atoms with Crippen molar-refractivity contribution in [3.8, 4) is 0 Å². The van der Waals surface area contributed by atoms with Crippen molar-refractivity contribution in [1.82, 2.24) is 14.9 Å². The maximum Gasteiger partial charge on any atom is 0.347 e.